The molecule has 2 saturated carbocycles. The van der Waals surface area contributed by atoms with Crippen LogP contribution in [0.15, 0.2) is 77.4 Å². The van der Waals surface area contributed by atoms with Gasteiger partial charge < -0.3 is 20.0 Å². The van der Waals surface area contributed by atoms with Gasteiger partial charge in [0.1, 0.15) is 6.26 Å². The van der Waals surface area contributed by atoms with Crippen molar-refractivity contribution in [3.05, 3.63) is 106 Å². The number of ether oxygens (including phenoxy) is 1. The molecule has 262 valence electrons. The van der Waals surface area contributed by atoms with Crippen LogP contribution in [0.3, 0.4) is 0 Å². The number of nitrogens with one attached hydrogen (secondary N) is 1. The fraction of sp³-hybridized carbons (Fsp3) is 0.371. The van der Waals surface area contributed by atoms with Gasteiger partial charge >= 0.3 is 5.97 Å². The van der Waals surface area contributed by atoms with E-state index in [1.165, 1.54) is 30.6 Å². The van der Waals surface area contributed by atoms with Crippen molar-refractivity contribution in [2.75, 3.05) is 19.5 Å². The minimum absolute atomic E-state index is 0.0578. The number of fused-ring (bicyclic) bond motifs is 2. The summed E-state index contributed by atoms with van der Waals surface area (Å²) < 4.78 is 74.1. The van der Waals surface area contributed by atoms with E-state index in [1.54, 1.807) is 14.0 Å². The molecule has 14 heteroatoms. The van der Waals surface area contributed by atoms with E-state index < -0.39 is 67.8 Å². The number of benzene rings is 3. The van der Waals surface area contributed by atoms with E-state index in [0.29, 0.717) is 31.5 Å². The quantitative estimate of drug-likeness (QED) is 0.0762. The van der Waals surface area contributed by atoms with Crippen LogP contribution in [0.2, 0.25) is 5.02 Å². The molecule has 1 amide bonds. The van der Waals surface area contributed by atoms with Gasteiger partial charge in [-0.2, -0.15) is 0 Å². The number of amides is 1. The van der Waals surface area contributed by atoms with Crippen LogP contribution in [-0.4, -0.2) is 55.5 Å². The molecular formula is C35H36ClF3N2O7S. The lowest BCUT2D eigenvalue weighted by molar-refractivity contribution is -0.140. The molecule has 0 radical (unpaired) electrons. The van der Waals surface area contributed by atoms with Crippen molar-refractivity contribution in [3.8, 4) is 0 Å². The molecule has 3 aromatic carbocycles. The molecule has 2 N–H and O–H groups in total. The van der Waals surface area contributed by atoms with Gasteiger partial charge in [0.05, 0.1) is 40.0 Å². The third-order valence-corrected chi connectivity index (χ3v) is 12.3. The lowest BCUT2D eigenvalue weighted by atomic mass is 9.69. The van der Waals surface area contributed by atoms with Gasteiger partial charge in [0.25, 0.3) is 5.91 Å². The van der Waals surface area contributed by atoms with Crippen molar-refractivity contribution in [1.82, 2.24) is 5.06 Å². The number of hydrogen-bond donors (Lipinski definition) is 2. The predicted molar refractivity (Wildman–Crippen MR) is 175 cm³/mol. The zero-order chi connectivity index (χ0) is 35.7. The highest BCUT2D eigenvalue weighted by molar-refractivity contribution is 7.92. The van der Waals surface area contributed by atoms with Crippen LogP contribution in [0.5, 0.6) is 0 Å². The van der Waals surface area contributed by atoms with Crippen LogP contribution in [0.4, 0.5) is 18.9 Å². The Morgan fingerprint density at radius 3 is 2.27 bits per heavy atom. The number of sulfone groups is 1. The van der Waals surface area contributed by atoms with E-state index >= 15 is 0 Å². The van der Waals surface area contributed by atoms with Crippen molar-refractivity contribution in [1.29, 1.82) is 0 Å². The average Bonchev–Trinajstić information content (AvgIpc) is 3.36. The average molecular weight is 721 g/mol. The number of anilines is 1. The molecule has 2 aliphatic carbocycles. The van der Waals surface area contributed by atoms with Crippen LogP contribution in [-0.2, 0) is 30.8 Å². The summed E-state index contributed by atoms with van der Waals surface area (Å²) in [5.74, 6) is -8.09. The zero-order valence-corrected chi connectivity index (χ0v) is 28.5. The summed E-state index contributed by atoms with van der Waals surface area (Å²) in [7, 11) is -1.26. The largest absolute Gasteiger partial charge is 0.466 e. The van der Waals surface area contributed by atoms with Crippen molar-refractivity contribution >= 4 is 39.0 Å². The SMILES string of the molecule is COC(=O)/C(=C/ON(C)Cc1ccccc1)C(C)C1(O)CC2CC[C@H](C1)C2S(=O)(=O)c1cc(C(=O)Nc2cc(F)c(F)c(F)c2)ccc1Cl. The molecule has 0 spiro atoms. The van der Waals surface area contributed by atoms with E-state index in [4.69, 9.17) is 21.2 Å². The Morgan fingerprint density at radius 1 is 1.06 bits per heavy atom. The Hall–Kier alpha value is -3.91. The van der Waals surface area contributed by atoms with Crippen molar-refractivity contribution in [2.24, 2.45) is 17.8 Å². The van der Waals surface area contributed by atoms with Gasteiger partial charge in [-0.15, -0.1) is 5.06 Å². The fourth-order valence-corrected chi connectivity index (χ4v) is 9.87. The Bertz CT molecular complexity index is 1840. The maximum Gasteiger partial charge on any atom is 0.337 e. The van der Waals surface area contributed by atoms with Crippen LogP contribution in [0.25, 0.3) is 0 Å². The first kappa shape index (κ1) is 36.4. The maximum absolute atomic E-state index is 14.2. The second-order valence-corrected chi connectivity index (χ2v) is 15.1. The number of hydrogen-bond acceptors (Lipinski definition) is 8. The van der Waals surface area contributed by atoms with Crippen molar-refractivity contribution in [3.63, 3.8) is 0 Å². The normalized spacial score (nSPS) is 22.9. The van der Waals surface area contributed by atoms with Crippen molar-refractivity contribution in [2.45, 2.75) is 54.9 Å². The van der Waals surface area contributed by atoms with Gasteiger partial charge in [0.15, 0.2) is 27.3 Å². The number of rotatable bonds is 11. The highest BCUT2D eigenvalue weighted by Crippen LogP contribution is 2.54. The molecule has 9 nitrogen and oxygen atoms in total. The standard InChI is InChI=1S/C35H36ClF3N2O7S/c1-20(26(34(43)47-3)19-48-41(2)18-21-7-5-4-6-8-21)35(44)16-23-9-10-24(17-35)32(23)49(45,46)30-13-22(11-12-27(30)36)33(42)40-25-14-28(37)31(39)29(38)15-25/h4-8,11-15,19-20,23-24,32,44H,9-10,16-18H2,1-3H3,(H,40,42)/b26-19+/t20?,23-,24?,32?,35?/m1/s1. The second-order valence-electron chi connectivity index (χ2n) is 12.6. The molecule has 5 atom stereocenters. The molecule has 2 fully saturated rings. The minimum Gasteiger partial charge on any atom is -0.466 e. The highest BCUT2D eigenvalue weighted by Gasteiger charge is 2.56. The first-order valence-electron chi connectivity index (χ1n) is 15.6. The minimum atomic E-state index is -4.18. The Balaban J connectivity index is 1.35. The van der Waals surface area contributed by atoms with E-state index in [-0.39, 0.29) is 39.6 Å². The molecule has 5 rings (SSSR count). The second kappa shape index (κ2) is 14.5. The summed E-state index contributed by atoms with van der Waals surface area (Å²) in [5.41, 5.74) is -0.927. The number of carbonyl (C=O) groups is 2. The first-order valence-corrected chi connectivity index (χ1v) is 17.5. The Morgan fingerprint density at radius 2 is 1.67 bits per heavy atom. The third kappa shape index (κ3) is 7.64. The van der Waals surface area contributed by atoms with Crippen molar-refractivity contribution < 1.29 is 45.9 Å². The van der Waals surface area contributed by atoms with Gasteiger partial charge in [-0.3, -0.25) is 4.79 Å². The number of aliphatic hydroxyl groups is 1. The number of carbonyl (C=O) groups excluding carboxylic acids is 2. The molecule has 0 aliphatic heterocycles. The molecule has 3 aromatic rings. The summed E-state index contributed by atoms with van der Waals surface area (Å²) in [5, 5.41) is 14.7. The van der Waals surface area contributed by atoms with Gasteiger partial charge in [-0.05, 0) is 61.3 Å². The molecule has 49 heavy (non-hydrogen) atoms. The Kier molecular flexibility index (Phi) is 10.8. The lowest BCUT2D eigenvalue weighted by Gasteiger charge is -2.44. The van der Waals surface area contributed by atoms with E-state index in [1.807, 2.05) is 30.3 Å². The molecule has 4 unspecified atom stereocenters. The topological polar surface area (TPSA) is 122 Å². The summed E-state index contributed by atoms with van der Waals surface area (Å²) in [4.78, 5) is 31.3. The zero-order valence-electron chi connectivity index (χ0n) is 27.0. The lowest BCUT2D eigenvalue weighted by Crippen LogP contribution is -2.50. The monoisotopic (exact) mass is 720 g/mol. The number of hydroxylamine groups is 2. The molecule has 2 aliphatic rings. The van der Waals surface area contributed by atoms with Crippen LogP contribution in [0, 0.1) is 35.2 Å². The summed E-state index contributed by atoms with van der Waals surface area (Å²) in [6, 6.07) is 14.3. The van der Waals surface area contributed by atoms with E-state index in [0.717, 1.165) is 11.6 Å². The van der Waals surface area contributed by atoms with E-state index in [2.05, 4.69) is 5.32 Å². The maximum atomic E-state index is 14.2. The molecule has 0 aromatic heterocycles. The molecule has 0 heterocycles. The highest BCUT2D eigenvalue weighted by atomic mass is 35.5. The molecule has 0 saturated heterocycles. The summed E-state index contributed by atoms with van der Waals surface area (Å²) >= 11 is 6.37. The van der Waals surface area contributed by atoms with Crippen LogP contribution < -0.4 is 5.32 Å². The smallest absolute Gasteiger partial charge is 0.337 e. The predicted octanol–water partition coefficient (Wildman–Crippen LogP) is 6.46. The van der Waals surface area contributed by atoms with Gasteiger partial charge in [0, 0.05) is 36.3 Å². The number of methoxy groups -OCH3 is 1. The van der Waals surface area contributed by atoms with Gasteiger partial charge in [-0.25, -0.2) is 26.4 Å². The molecule has 2 bridgehead atoms. The third-order valence-electron chi connectivity index (χ3n) is 9.47. The molecular weight excluding hydrogens is 685 g/mol. The number of esters is 1. The Labute approximate surface area is 287 Å². The van der Waals surface area contributed by atoms with E-state index in [9.17, 15) is 36.3 Å². The van der Waals surface area contributed by atoms with Gasteiger partial charge in [-0.1, -0.05) is 48.9 Å². The number of nitrogens with zero attached hydrogens (tertiary/aromatic N) is 1. The summed E-state index contributed by atoms with van der Waals surface area (Å²) in [6.07, 6.45) is 2.37. The first-order chi connectivity index (χ1) is 23.1. The van der Waals surface area contributed by atoms with Crippen LogP contribution >= 0.6 is 11.6 Å². The summed E-state index contributed by atoms with van der Waals surface area (Å²) in [6.45, 7) is 2.10. The van der Waals surface area contributed by atoms with Gasteiger partial charge in [0.2, 0.25) is 0 Å². The number of halogens is 4. The van der Waals surface area contributed by atoms with Crippen LogP contribution in [0.1, 0.15) is 48.5 Å². The fourth-order valence-electron chi connectivity index (χ4n) is 7.03.